The predicted molar refractivity (Wildman–Crippen MR) is 89.0 cm³/mol. The van der Waals surface area contributed by atoms with Gasteiger partial charge in [-0.05, 0) is 74.2 Å². The zero-order valence-corrected chi connectivity index (χ0v) is 13.7. The second-order valence-electron chi connectivity index (χ2n) is 7.82. The number of hydrogen-bond acceptors (Lipinski definition) is 1. The second-order valence-corrected chi connectivity index (χ2v) is 7.82. The van der Waals surface area contributed by atoms with Gasteiger partial charge in [0.1, 0.15) is 0 Å². The van der Waals surface area contributed by atoms with Gasteiger partial charge >= 0.3 is 0 Å². The molecule has 0 radical (unpaired) electrons. The normalized spacial score (nSPS) is 44.3. The number of aliphatic hydroxyl groups excluding tert-OH is 1. The maximum atomic E-state index is 9.86. The van der Waals surface area contributed by atoms with Crippen LogP contribution in [0.2, 0.25) is 0 Å². The number of allylic oxidation sites excluding steroid dienone is 4. The molecule has 0 spiro atoms. The zero-order valence-electron chi connectivity index (χ0n) is 13.7. The highest BCUT2D eigenvalue weighted by Gasteiger charge is 2.46. The molecular formula is C20H30O. The molecule has 0 heterocycles. The summed E-state index contributed by atoms with van der Waals surface area (Å²) in [4.78, 5) is 0. The highest BCUT2D eigenvalue weighted by Crippen LogP contribution is 2.57. The topological polar surface area (TPSA) is 20.2 Å². The van der Waals surface area contributed by atoms with Gasteiger partial charge in [-0.15, -0.1) is 0 Å². The van der Waals surface area contributed by atoms with Gasteiger partial charge in [0, 0.05) is 0 Å². The lowest BCUT2D eigenvalue weighted by Gasteiger charge is -2.41. The molecule has 0 aromatic heterocycles. The molecular weight excluding hydrogens is 256 g/mol. The summed E-state index contributed by atoms with van der Waals surface area (Å²) in [7, 11) is 0. The van der Waals surface area contributed by atoms with Crippen LogP contribution in [0.1, 0.15) is 65.2 Å². The molecule has 3 aliphatic rings. The van der Waals surface area contributed by atoms with Crippen molar-refractivity contribution in [1.82, 2.24) is 0 Å². The van der Waals surface area contributed by atoms with E-state index in [1.165, 1.54) is 43.3 Å². The Kier molecular flexibility index (Phi) is 4.14. The summed E-state index contributed by atoms with van der Waals surface area (Å²) >= 11 is 0. The van der Waals surface area contributed by atoms with Crippen molar-refractivity contribution < 1.29 is 5.11 Å². The number of fused-ring (bicyclic) bond motifs is 1. The fourth-order valence-electron chi connectivity index (χ4n) is 4.89. The minimum absolute atomic E-state index is 0.164. The van der Waals surface area contributed by atoms with Crippen molar-refractivity contribution in [2.45, 2.75) is 71.3 Å². The summed E-state index contributed by atoms with van der Waals surface area (Å²) < 4.78 is 0. The minimum atomic E-state index is -0.164. The van der Waals surface area contributed by atoms with E-state index in [2.05, 4.69) is 32.6 Å². The second kappa shape index (κ2) is 5.76. The summed E-state index contributed by atoms with van der Waals surface area (Å²) in [5.41, 5.74) is 4.70. The van der Waals surface area contributed by atoms with Gasteiger partial charge in [0.2, 0.25) is 0 Å². The molecule has 4 atom stereocenters. The highest BCUT2D eigenvalue weighted by atomic mass is 16.3. The Morgan fingerprint density at radius 1 is 1.19 bits per heavy atom. The molecule has 21 heavy (non-hydrogen) atoms. The molecule has 1 heteroatoms. The van der Waals surface area contributed by atoms with Crippen molar-refractivity contribution >= 4 is 0 Å². The van der Waals surface area contributed by atoms with Gasteiger partial charge in [0.25, 0.3) is 0 Å². The average Bonchev–Trinajstić information content (AvgIpc) is 2.76. The third-order valence-electron chi connectivity index (χ3n) is 6.63. The van der Waals surface area contributed by atoms with Crippen LogP contribution in [0.25, 0.3) is 0 Å². The smallest absolute Gasteiger partial charge is 0.0583 e. The molecule has 116 valence electrons. The van der Waals surface area contributed by atoms with Crippen LogP contribution >= 0.6 is 0 Å². The predicted octanol–water partition coefficient (Wildman–Crippen LogP) is 5.18. The van der Waals surface area contributed by atoms with E-state index in [0.717, 1.165) is 31.1 Å². The van der Waals surface area contributed by atoms with Gasteiger partial charge in [0.05, 0.1) is 6.10 Å². The molecule has 0 saturated heterocycles. The summed E-state index contributed by atoms with van der Waals surface area (Å²) in [5.74, 6) is 1.66. The summed E-state index contributed by atoms with van der Waals surface area (Å²) in [6.07, 6.45) is 13.9. The molecule has 3 fully saturated rings. The SMILES string of the molecule is C=C1CCC(O)C/C1=C\C=C1/CCCC2(C)C(C)CCC12. The van der Waals surface area contributed by atoms with E-state index in [1.54, 1.807) is 5.57 Å². The van der Waals surface area contributed by atoms with Crippen LogP contribution in [0.4, 0.5) is 0 Å². The van der Waals surface area contributed by atoms with Crippen molar-refractivity contribution in [3.63, 3.8) is 0 Å². The molecule has 0 aromatic rings. The van der Waals surface area contributed by atoms with E-state index < -0.39 is 0 Å². The number of hydrogen-bond donors (Lipinski definition) is 1. The largest absolute Gasteiger partial charge is 0.393 e. The van der Waals surface area contributed by atoms with Crippen LogP contribution in [-0.4, -0.2) is 11.2 Å². The first-order valence-electron chi connectivity index (χ1n) is 8.76. The Balaban J connectivity index is 1.81. The lowest BCUT2D eigenvalue weighted by Crippen LogP contribution is -2.31. The number of aliphatic hydroxyl groups is 1. The zero-order chi connectivity index (χ0) is 15.0. The van der Waals surface area contributed by atoms with E-state index in [1.807, 2.05) is 0 Å². The standard InChI is InChI=1S/C20H30O/c1-14-6-10-18(21)13-17(14)9-8-16-5-4-12-20(3)15(2)7-11-19(16)20/h8-9,15,18-19,21H,1,4-7,10-13H2,2-3H3/b16-8+,17-9+. The molecule has 0 aromatic carbocycles. The van der Waals surface area contributed by atoms with Gasteiger partial charge in [-0.25, -0.2) is 0 Å². The van der Waals surface area contributed by atoms with E-state index in [9.17, 15) is 5.11 Å². The first-order valence-corrected chi connectivity index (χ1v) is 8.76. The Morgan fingerprint density at radius 3 is 2.81 bits per heavy atom. The van der Waals surface area contributed by atoms with Crippen molar-refractivity contribution in [2.24, 2.45) is 17.3 Å². The fourth-order valence-corrected chi connectivity index (χ4v) is 4.89. The monoisotopic (exact) mass is 286 g/mol. The molecule has 1 N–H and O–H groups in total. The van der Waals surface area contributed by atoms with Gasteiger partial charge in [0.15, 0.2) is 0 Å². The average molecular weight is 286 g/mol. The van der Waals surface area contributed by atoms with Crippen LogP contribution in [-0.2, 0) is 0 Å². The van der Waals surface area contributed by atoms with E-state index in [4.69, 9.17) is 0 Å². The minimum Gasteiger partial charge on any atom is -0.393 e. The Labute approximate surface area is 129 Å². The van der Waals surface area contributed by atoms with Crippen molar-refractivity contribution in [1.29, 1.82) is 0 Å². The molecule has 3 rings (SSSR count). The summed E-state index contributed by atoms with van der Waals surface area (Å²) in [6, 6.07) is 0. The maximum absolute atomic E-state index is 9.86. The van der Waals surface area contributed by atoms with Crippen molar-refractivity contribution in [2.75, 3.05) is 0 Å². The third-order valence-corrected chi connectivity index (χ3v) is 6.63. The molecule has 0 amide bonds. The Morgan fingerprint density at radius 2 is 2.00 bits per heavy atom. The van der Waals surface area contributed by atoms with Crippen molar-refractivity contribution in [3.8, 4) is 0 Å². The maximum Gasteiger partial charge on any atom is 0.0583 e. The molecule has 4 unspecified atom stereocenters. The molecule has 0 bridgehead atoms. The summed E-state index contributed by atoms with van der Waals surface area (Å²) in [5, 5.41) is 9.86. The Bertz CT molecular complexity index is 484. The number of rotatable bonds is 1. The van der Waals surface area contributed by atoms with Crippen LogP contribution in [0.5, 0.6) is 0 Å². The van der Waals surface area contributed by atoms with Gasteiger partial charge in [-0.1, -0.05) is 43.7 Å². The molecule has 3 saturated carbocycles. The molecule has 0 aliphatic heterocycles. The summed E-state index contributed by atoms with van der Waals surface area (Å²) in [6.45, 7) is 9.14. The molecule has 3 aliphatic carbocycles. The van der Waals surface area contributed by atoms with Crippen LogP contribution in [0, 0.1) is 17.3 Å². The van der Waals surface area contributed by atoms with E-state index in [-0.39, 0.29) is 6.10 Å². The van der Waals surface area contributed by atoms with Gasteiger partial charge in [-0.2, -0.15) is 0 Å². The third kappa shape index (κ3) is 2.77. The van der Waals surface area contributed by atoms with Gasteiger partial charge < -0.3 is 5.11 Å². The first-order chi connectivity index (χ1) is 10.0. The Hall–Kier alpha value is -0.820. The van der Waals surface area contributed by atoms with Crippen LogP contribution in [0.15, 0.2) is 35.5 Å². The fraction of sp³-hybridized carbons (Fsp3) is 0.700. The highest BCUT2D eigenvalue weighted by molar-refractivity contribution is 5.36. The quantitative estimate of drug-likeness (QED) is 0.704. The van der Waals surface area contributed by atoms with Crippen molar-refractivity contribution in [3.05, 3.63) is 35.5 Å². The van der Waals surface area contributed by atoms with E-state index in [0.29, 0.717) is 5.41 Å². The molecule has 1 nitrogen and oxygen atoms in total. The first kappa shape index (κ1) is 15.1. The van der Waals surface area contributed by atoms with Crippen LogP contribution in [0.3, 0.4) is 0 Å². The van der Waals surface area contributed by atoms with Gasteiger partial charge in [-0.3, -0.25) is 0 Å². The van der Waals surface area contributed by atoms with E-state index >= 15 is 0 Å². The van der Waals surface area contributed by atoms with Crippen LogP contribution < -0.4 is 0 Å². The lowest BCUT2D eigenvalue weighted by atomic mass is 9.64. The lowest BCUT2D eigenvalue weighted by molar-refractivity contribution is 0.147.